The van der Waals surface area contributed by atoms with Crippen molar-refractivity contribution in [3.8, 4) is 6.07 Å². The summed E-state index contributed by atoms with van der Waals surface area (Å²) in [5.74, 6) is 0.0102. The van der Waals surface area contributed by atoms with E-state index in [9.17, 15) is 4.79 Å². The fourth-order valence-electron chi connectivity index (χ4n) is 2.35. The molecule has 5 heteroatoms. The zero-order chi connectivity index (χ0) is 14.0. The van der Waals surface area contributed by atoms with Crippen LogP contribution in [0.2, 0.25) is 0 Å². The number of nitriles is 1. The second-order valence-electron chi connectivity index (χ2n) is 4.78. The molecule has 1 aliphatic rings. The number of halogens is 1. The van der Waals surface area contributed by atoms with E-state index in [4.69, 9.17) is 5.26 Å². The molecule has 2 unspecified atom stereocenters. The maximum Gasteiger partial charge on any atom is 0.246 e. The lowest BCUT2D eigenvalue weighted by atomic mass is 10.0. The maximum absolute atomic E-state index is 12.3. The summed E-state index contributed by atoms with van der Waals surface area (Å²) in [6.07, 6.45) is 0.206. The van der Waals surface area contributed by atoms with Gasteiger partial charge in [0.05, 0.1) is 18.2 Å². The molecule has 1 heterocycles. The van der Waals surface area contributed by atoms with E-state index in [1.807, 2.05) is 36.1 Å². The minimum Gasteiger partial charge on any atom is -0.356 e. The van der Waals surface area contributed by atoms with Gasteiger partial charge in [-0.3, -0.25) is 4.79 Å². The molecule has 0 aromatic heterocycles. The Bertz CT molecular complexity index is 526. The molecule has 0 saturated carbocycles. The second kappa shape index (κ2) is 5.62. The quantitative estimate of drug-likeness (QED) is 0.840. The molecule has 19 heavy (non-hydrogen) atoms. The first-order chi connectivity index (χ1) is 9.06. The van der Waals surface area contributed by atoms with E-state index in [0.29, 0.717) is 0 Å². The number of para-hydroxylation sites is 1. The first-order valence-corrected chi connectivity index (χ1v) is 7.00. The number of rotatable bonds is 2. The van der Waals surface area contributed by atoms with Gasteiger partial charge in [-0.05, 0) is 35.0 Å². The normalized spacial score (nSPS) is 23.4. The van der Waals surface area contributed by atoms with E-state index >= 15 is 0 Å². The number of piperazine rings is 1. The van der Waals surface area contributed by atoms with E-state index in [1.54, 1.807) is 11.9 Å². The Morgan fingerprint density at radius 3 is 2.79 bits per heavy atom. The SMILES string of the molecule is CC1CN(c2ccccc2Br)C(CC#N)C(=O)N1C. The topological polar surface area (TPSA) is 47.3 Å². The molecule has 0 N–H and O–H groups in total. The standard InChI is InChI=1S/C14H16BrN3O/c1-10-9-18(12-6-4-3-5-11(12)15)13(7-8-16)14(19)17(10)2/h3-6,10,13H,7,9H2,1-2H3. The summed E-state index contributed by atoms with van der Waals surface area (Å²) in [6.45, 7) is 2.75. The smallest absolute Gasteiger partial charge is 0.246 e. The van der Waals surface area contributed by atoms with E-state index < -0.39 is 6.04 Å². The van der Waals surface area contributed by atoms with Crippen molar-refractivity contribution in [3.05, 3.63) is 28.7 Å². The number of hydrogen-bond donors (Lipinski definition) is 0. The lowest BCUT2D eigenvalue weighted by molar-refractivity contribution is -0.134. The van der Waals surface area contributed by atoms with Crippen LogP contribution in [0, 0.1) is 11.3 Å². The Hall–Kier alpha value is -1.54. The monoisotopic (exact) mass is 321 g/mol. The summed E-state index contributed by atoms with van der Waals surface area (Å²) in [5.41, 5.74) is 0.969. The van der Waals surface area contributed by atoms with Crippen molar-refractivity contribution >= 4 is 27.5 Å². The first kappa shape index (κ1) is 13.9. The van der Waals surface area contributed by atoms with Gasteiger partial charge in [-0.25, -0.2) is 0 Å². The van der Waals surface area contributed by atoms with Gasteiger partial charge in [0, 0.05) is 24.1 Å². The van der Waals surface area contributed by atoms with Gasteiger partial charge in [0.15, 0.2) is 0 Å². The van der Waals surface area contributed by atoms with Crippen LogP contribution in [0.25, 0.3) is 0 Å². The molecule has 4 nitrogen and oxygen atoms in total. The molecular weight excluding hydrogens is 306 g/mol. The lowest BCUT2D eigenvalue weighted by Gasteiger charge is -2.43. The number of likely N-dealkylation sites (N-methyl/N-ethyl adjacent to an activating group) is 1. The highest BCUT2D eigenvalue weighted by Gasteiger charge is 2.37. The van der Waals surface area contributed by atoms with Gasteiger partial charge < -0.3 is 9.80 Å². The molecule has 100 valence electrons. The Balaban J connectivity index is 2.39. The minimum atomic E-state index is -0.398. The number of anilines is 1. The molecule has 1 amide bonds. The molecule has 0 aliphatic carbocycles. The van der Waals surface area contributed by atoms with Crippen LogP contribution in [0.5, 0.6) is 0 Å². The van der Waals surface area contributed by atoms with Gasteiger partial charge in [0.1, 0.15) is 6.04 Å². The third-order valence-electron chi connectivity index (χ3n) is 3.58. The molecule has 0 spiro atoms. The number of carbonyl (C=O) groups is 1. The molecule has 1 saturated heterocycles. The van der Waals surface area contributed by atoms with E-state index in [2.05, 4.69) is 22.0 Å². The second-order valence-corrected chi connectivity index (χ2v) is 5.63. The Labute approximate surface area is 121 Å². The summed E-state index contributed by atoms with van der Waals surface area (Å²) in [6, 6.07) is 9.66. The van der Waals surface area contributed by atoms with Crippen LogP contribution < -0.4 is 4.90 Å². The zero-order valence-electron chi connectivity index (χ0n) is 11.0. The molecule has 1 aromatic carbocycles. The summed E-state index contributed by atoms with van der Waals surface area (Å²) >= 11 is 3.52. The Morgan fingerprint density at radius 1 is 1.47 bits per heavy atom. The molecular formula is C14H16BrN3O. The summed E-state index contributed by atoms with van der Waals surface area (Å²) in [4.78, 5) is 16.1. The largest absolute Gasteiger partial charge is 0.356 e. The predicted molar refractivity (Wildman–Crippen MR) is 77.7 cm³/mol. The fourth-order valence-corrected chi connectivity index (χ4v) is 2.87. The van der Waals surface area contributed by atoms with Crippen molar-refractivity contribution in [2.75, 3.05) is 18.5 Å². The van der Waals surface area contributed by atoms with Gasteiger partial charge >= 0.3 is 0 Å². The van der Waals surface area contributed by atoms with E-state index in [-0.39, 0.29) is 18.4 Å². The molecule has 2 atom stereocenters. The molecule has 2 rings (SSSR count). The van der Waals surface area contributed by atoms with Crippen molar-refractivity contribution in [2.45, 2.75) is 25.4 Å². The Morgan fingerprint density at radius 2 is 2.16 bits per heavy atom. The summed E-state index contributed by atoms with van der Waals surface area (Å²) in [7, 11) is 1.80. The van der Waals surface area contributed by atoms with Crippen LogP contribution in [0.3, 0.4) is 0 Å². The van der Waals surface area contributed by atoms with Crippen molar-refractivity contribution < 1.29 is 4.79 Å². The number of benzene rings is 1. The average molecular weight is 322 g/mol. The highest BCUT2D eigenvalue weighted by molar-refractivity contribution is 9.10. The predicted octanol–water partition coefficient (Wildman–Crippen LogP) is 2.40. The van der Waals surface area contributed by atoms with Gasteiger partial charge in [0.2, 0.25) is 5.91 Å². The van der Waals surface area contributed by atoms with E-state index in [0.717, 1.165) is 16.7 Å². The molecule has 0 radical (unpaired) electrons. The molecule has 1 aromatic rings. The van der Waals surface area contributed by atoms with Crippen molar-refractivity contribution in [1.82, 2.24) is 4.90 Å². The third-order valence-corrected chi connectivity index (χ3v) is 4.25. The molecule has 1 fully saturated rings. The number of hydrogen-bond acceptors (Lipinski definition) is 3. The Kier molecular flexibility index (Phi) is 4.11. The highest BCUT2D eigenvalue weighted by Crippen LogP contribution is 2.31. The maximum atomic E-state index is 12.3. The minimum absolute atomic E-state index is 0.0102. The number of nitrogens with zero attached hydrogens (tertiary/aromatic N) is 3. The van der Waals surface area contributed by atoms with Crippen LogP contribution in [-0.2, 0) is 4.79 Å². The fraction of sp³-hybridized carbons (Fsp3) is 0.429. The van der Waals surface area contributed by atoms with Crippen molar-refractivity contribution in [3.63, 3.8) is 0 Å². The van der Waals surface area contributed by atoms with Gasteiger partial charge in [0.25, 0.3) is 0 Å². The van der Waals surface area contributed by atoms with Gasteiger partial charge in [-0.2, -0.15) is 5.26 Å². The molecule has 1 aliphatic heterocycles. The zero-order valence-corrected chi connectivity index (χ0v) is 12.6. The first-order valence-electron chi connectivity index (χ1n) is 6.21. The summed E-state index contributed by atoms with van der Waals surface area (Å²) < 4.78 is 0.947. The number of amides is 1. The van der Waals surface area contributed by atoms with Crippen molar-refractivity contribution in [1.29, 1.82) is 5.26 Å². The number of carbonyl (C=O) groups excluding carboxylic acids is 1. The van der Waals surface area contributed by atoms with Crippen molar-refractivity contribution in [2.24, 2.45) is 0 Å². The van der Waals surface area contributed by atoms with Crippen LogP contribution in [0.1, 0.15) is 13.3 Å². The van der Waals surface area contributed by atoms with Gasteiger partial charge in [-0.1, -0.05) is 12.1 Å². The lowest BCUT2D eigenvalue weighted by Crippen LogP contribution is -2.59. The van der Waals surface area contributed by atoms with E-state index in [1.165, 1.54) is 0 Å². The third kappa shape index (κ3) is 2.59. The summed E-state index contributed by atoms with van der Waals surface area (Å²) in [5, 5.41) is 8.96. The highest BCUT2D eigenvalue weighted by atomic mass is 79.9. The van der Waals surface area contributed by atoms with Crippen LogP contribution >= 0.6 is 15.9 Å². The van der Waals surface area contributed by atoms with Crippen LogP contribution in [0.15, 0.2) is 28.7 Å². The van der Waals surface area contributed by atoms with Crippen LogP contribution in [-0.4, -0.2) is 36.5 Å². The van der Waals surface area contributed by atoms with Crippen LogP contribution in [0.4, 0.5) is 5.69 Å². The molecule has 0 bridgehead atoms. The van der Waals surface area contributed by atoms with Gasteiger partial charge in [-0.15, -0.1) is 0 Å². The average Bonchev–Trinajstić information content (AvgIpc) is 2.40.